The van der Waals surface area contributed by atoms with Gasteiger partial charge < -0.3 is 0 Å². The van der Waals surface area contributed by atoms with E-state index in [1.54, 1.807) is 0 Å². The van der Waals surface area contributed by atoms with Crippen molar-refractivity contribution in [3.05, 3.63) is 118 Å². The number of unbranched alkanes of at least 4 members (excludes halogenated alkanes) is 4. The Morgan fingerprint density at radius 2 is 1.08 bits per heavy atom. The van der Waals surface area contributed by atoms with Crippen LogP contribution in [0.15, 0.2) is 78.9 Å². The minimum Gasteiger partial charge on any atom is -0.205 e. The molecule has 4 aromatic rings. The van der Waals surface area contributed by atoms with Crippen LogP contribution in [0.1, 0.15) is 85.8 Å². The lowest BCUT2D eigenvalue weighted by atomic mass is 10.00. The summed E-state index contributed by atoms with van der Waals surface area (Å²) in [5.41, 5.74) is 6.75. The molecule has 1 heteroatoms. The molecule has 0 aliphatic rings. The lowest BCUT2D eigenvalue weighted by Gasteiger charge is -2.06. The van der Waals surface area contributed by atoms with E-state index in [4.69, 9.17) is 0 Å². The molecule has 0 unspecified atom stereocenters. The Morgan fingerprint density at radius 3 is 1.70 bits per heavy atom. The van der Waals surface area contributed by atoms with Crippen LogP contribution in [0.2, 0.25) is 0 Å². The fourth-order valence-corrected chi connectivity index (χ4v) is 4.81. The van der Waals surface area contributed by atoms with Crippen LogP contribution in [0.3, 0.4) is 0 Å². The third-order valence-corrected chi connectivity index (χ3v) is 7.18. The molecular formula is C36H39F. The molecule has 0 fully saturated rings. The number of aryl methyl sites for hydroxylation is 4. The molecule has 0 bridgehead atoms. The maximum absolute atomic E-state index is 15.1. The lowest BCUT2D eigenvalue weighted by Crippen LogP contribution is -1.93. The topological polar surface area (TPSA) is 0 Å². The first-order chi connectivity index (χ1) is 18.2. The second-order valence-corrected chi connectivity index (χ2v) is 10.2. The highest BCUT2D eigenvalue weighted by atomic mass is 19.1. The summed E-state index contributed by atoms with van der Waals surface area (Å²) < 4.78 is 15.1. The molecule has 0 nitrogen and oxygen atoms in total. The first-order valence-electron chi connectivity index (χ1n) is 14.1. The lowest BCUT2D eigenvalue weighted by molar-refractivity contribution is 0.636. The third-order valence-electron chi connectivity index (χ3n) is 7.18. The standard InChI is InChI=1S/C36H39F/c1-3-5-7-9-28-11-13-29(14-12-28)15-16-30-17-19-31(20-18-30)21-23-33-24-25-34-27-32(10-8-6-4-2)22-26-35(34)36(33)37/h11-14,17-20,22,24-27H,3-10,15-16H2,1-2H3. The monoisotopic (exact) mass is 490 g/mol. The van der Waals surface area contributed by atoms with Crippen LogP contribution in [-0.4, -0.2) is 0 Å². The average Bonchev–Trinajstić information content (AvgIpc) is 2.93. The first kappa shape index (κ1) is 26.7. The molecular weight excluding hydrogens is 451 g/mol. The van der Waals surface area contributed by atoms with Crippen LogP contribution in [0, 0.1) is 17.7 Å². The van der Waals surface area contributed by atoms with Crippen molar-refractivity contribution in [2.24, 2.45) is 0 Å². The van der Waals surface area contributed by atoms with E-state index in [9.17, 15) is 0 Å². The summed E-state index contributed by atoms with van der Waals surface area (Å²) in [5, 5.41) is 1.60. The highest BCUT2D eigenvalue weighted by Crippen LogP contribution is 2.23. The largest absolute Gasteiger partial charge is 0.205 e. The number of fused-ring (bicyclic) bond motifs is 1. The van der Waals surface area contributed by atoms with Crippen molar-refractivity contribution in [3.63, 3.8) is 0 Å². The number of rotatable bonds is 11. The molecule has 0 saturated carbocycles. The van der Waals surface area contributed by atoms with Gasteiger partial charge in [0.15, 0.2) is 0 Å². The fraction of sp³-hybridized carbons (Fsp3) is 0.333. The summed E-state index contributed by atoms with van der Waals surface area (Å²) >= 11 is 0. The van der Waals surface area contributed by atoms with Gasteiger partial charge in [0, 0.05) is 10.9 Å². The molecule has 0 aliphatic carbocycles. The van der Waals surface area contributed by atoms with E-state index in [0.29, 0.717) is 10.9 Å². The van der Waals surface area contributed by atoms with Crippen molar-refractivity contribution in [2.45, 2.75) is 78.1 Å². The van der Waals surface area contributed by atoms with Gasteiger partial charge in [-0.25, -0.2) is 4.39 Å². The Labute approximate surface area is 223 Å². The van der Waals surface area contributed by atoms with Gasteiger partial charge in [-0.1, -0.05) is 112 Å². The molecule has 0 amide bonds. The van der Waals surface area contributed by atoms with Gasteiger partial charge >= 0.3 is 0 Å². The van der Waals surface area contributed by atoms with Crippen molar-refractivity contribution >= 4 is 10.8 Å². The van der Waals surface area contributed by atoms with E-state index in [-0.39, 0.29) is 5.82 Å². The molecule has 37 heavy (non-hydrogen) atoms. The summed E-state index contributed by atoms with van der Waals surface area (Å²) in [5.74, 6) is 5.98. The van der Waals surface area contributed by atoms with E-state index in [2.05, 4.69) is 74.2 Å². The molecule has 0 aliphatic heterocycles. The van der Waals surface area contributed by atoms with Crippen LogP contribution >= 0.6 is 0 Å². The first-order valence-corrected chi connectivity index (χ1v) is 14.1. The second kappa shape index (κ2) is 13.8. The van der Waals surface area contributed by atoms with Gasteiger partial charge in [0.2, 0.25) is 0 Å². The van der Waals surface area contributed by atoms with Gasteiger partial charge in [-0.05, 0) is 84.4 Å². The van der Waals surface area contributed by atoms with Gasteiger partial charge in [0.25, 0.3) is 0 Å². The van der Waals surface area contributed by atoms with E-state index in [0.717, 1.165) is 30.2 Å². The Bertz CT molecular complexity index is 1330. The Hall–Kier alpha value is -3.37. The zero-order chi connectivity index (χ0) is 25.9. The molecule has 0 radical (unpaired) electrons. The smallest absolute Gasteiger partial charge is 0.146 e. The molecule has 0 N–H and O–H groups in total. The number of hydrogen-bond donors (Lipinski definition) is 0. The zero-order valence-electron chi connectivity index (χ0n) is 22.5. The summed E-state index contributed by atoms with van der Waals surface area (Å²) in [6.45, 7) is 4.46. The number of benzene rings is 4. The highest BCUT2D eigenvalue weighted by molar-refractivity contribution is 5.85. The van der Waals surface area contributed by atoms with Crippen molar-refractivity contribution < 1.29 is 4.39 Å². The number of halogens is 1. The van der Waals surface area contributed by atoms with Crippen molar-refractivity contribution in [3.8, 4) is 11.8 Å². The summed E-state index contributed by atoms with van der Waals surface area (Å²) in [6.07, 6.45) is 11.7. The van der Waals surface area contributed by atoms with Crippen molar-refractivity contribution in [1.29, 1.82) is 0 Å². The summed E-state index contributed by atoms with van der Waals surface area (Å²) in [4.78, 5) is 0. The quantitative estimate of drug-likeness (QED) is 0.145. The maximum Gasteiger partial charge on any atom is 0.146 e. The Morgan fingerprint density at radius 1 is 0.541 bits per heavy atom. The summed E-state index contributed by atoms with van der Waals surface area (Å²) in [6, 6.07) is 27.3. The molecule has 0 aromatic heterocycles. The van der Waals surface area contributed by atoms with E-state index < -0.39 is 0 Å². The minimum atomic E-state index is -0.224. The second-order valence-electron chi connectivity index (χ2n) is 10.2. The molecule has 0 spiro atoms. The van der Waals surface area contributed by atoms with Crippen molar-refractivity contribution in [1.82, 2.24) is 0 Å². The number of hydrogen-bond acceptors (Lipinski definition) is 0. The van der Waals surface area contributed by atoms with Gasteiger partial charge in [-0.3, -0.25) is 0 Å². The predicted octanol–water partition coefficient (Wildman–Crippen LogP) is 9.63. The van der Waals surface area contributed by atoms with Crippen LogP contribution < -0.4 is 0 Å². The Balaban J connectivity index is 1.35. The zero-order valence-corrected chi connectivity index (χ0v) is 22.5. The SMILES string of the molecule is CCCCCc1ccc(CCc2ccc(C#Cc3ccc4cc(CCCCC)ccc4c3F)cc2)cc1. The maximum atomic E-state index is 15.1. The normalized spacial score (nSPS) is 10.9. The third kappa shape index (κ3) is 7.80. The predicted molar refractivity (Wildman–Crippen MR) is 157 cm³/mol. The highest BCUT2D eigenvalue weighted by Gasteiger charge is 2.07. The van der Waals surface area contributed by atoms with Gasteiger partial charge in [0.05, 0.1) is 5.56 Å². The fourth-order valence-electron chi connectivity index (χ4n) is 4.81. The van der Waals surface area contributed by atoms with E-state index in [1.807, 2.05) is 30.3 Å². The van der Waals surface area contributed by atoms with Crippen molar-refractivity contribution in [2.75, 3.05) is 0 Å². The van der Waals surface area contributed by atoms with Gasteiger partial charge in [-0.2, -0.15) is 0 Å². The molecule has 190 valence electrons. The average molecular weight is 491 g/mol. The Kier molecular flexibility index (Phi) is 9.96. The summed E-state index contributed by atoms with van der Waals surface area (Å²) in [7, 11) is 0. The van der Waals surface area contributed by atoms with E-state index in [1.165, 1.54) is 67.2 Å². The van der Waals surface area contributed by atoms with Crippen LogP contribution in [-0.2, 0) is 25.7 Å². The molecule has 4 rings (SSSR count). The van der Waals surface area contributed by atoms with Gasteiger partial charge in [0.1, 0.15) is 5.82 Å². The molecule has 0 saturated heterocycles. The molecule has 4 aromatic carbocycles. The van der Waals surface area contributed by atoms with E-state index >= 15 is 4.39 Å². The molecule has 0 heterocycles. The van der Waals surface area contributed by atoms with Gasteiger partial charge in [-0.15, -0.1) is 0 Å². The molecule has 0 atom stereocenters. The van der Waals surface area contributed by atoms with Crippen LogP contribution in [0.5, 0.6) is 0 Å². The van der Waals surface area contributed by atoms with Crippen LogP contribution in [0.4, 0.5) is 4.39 Å². The van der Waals surface area contributed by atoms with Crippen LogP contribution in [0.25, 0.3) is 10.8 Å². The minimum absolute atomic E-state index is 0.224.